The Morgan fingerprint density at radius 2 is 1.38 bits per heavy atom. The van der Waals surface area contributed by atoms with Crippen LogP contribution in [0.25, 0.3) is 0 Å². The molecule has 0 amide bonds. The third-order valence-corrected chi connectivity index (χ3v) is 7.55. The van der Waals surface area contributed by atoms with Gasteiger partial charge in [-0.1, -0.05) is 59.7 Å². The van der Waals surface area contributed by atoms with Gasteiger partial charge in [-0.25, -0.2) is 8.42 Å². The average molecular weight is 424 g/mol. The minimum atomic E-state index is -3.92. The summed E-state index contributed by atoms with van der Waals surface area (Å²) in [6.45, 7) is 3.87. The fraction of sp³-hybridized carbons (Fsp3) is 0.174. The summed E-state index contributed by atoms with van der Waals surface area (Å²) < 4.78 is 28.8. The zero-order valence-corrected chi connectivity index (χ0v) is 17.8. The zero-order chi connectivity index (χ0) is 20.8. The molecule has 3 aromatic carbocycles. The molecular weight excluding hydrogens is 402 g/mol. The van der Waals surface area contributed by atoms with Crippen LogP contribution < -0.4 is 4.31 Å². The molecule has 2 unspecified atom stereocenters. The zero-order valence-electron chi connectivity index (χ0n) is 16.1. The highest BCUT2D eigenvalue weighted by Gasteiger charge is 2.45. The average Bonchev–Trinajstić information content (AvgIpc) is 2.71. The normalized spacial score (nSPS) is 19.1. The molecule has 0 spiro atoms. The fourth-order valence-electron chi connectivity index (χ4n) is 3.64. The molecule has 1 heterocycles. The summed E-state index contributed by atoms with van der Waals surface area (Å²) >= 11 is 4.58. The predicted octanol–water partition coefficient (Wildman–Crippen LogP) is 4.73. The monoisotopic (exact) mass is 423 g/mol. The van der Waals surface area contributed by atoms with E-state index in [1.54, 1.807) is 48.5 Å². The number of hydrogen-bond acceptors (Lipinski definition) is 4. The highest BCUT2D eigenvalue weighted by atomic mass is 32.2. The van der Waals surface area contributed by atoms with Crippen LogP contribution in [0.2, 0.25) is 0 Å². The molecule has 4 nitrogen and oxygen atoms in total. The first-order valence-electron chi connectivity index (χ1n) is 9.29. The maximum absolute atomic E-state index is 13.7. The van der Waals surface area contributed by atoms with Crippen molar-refractivity contribution in [2.75, 3.05) is 4.31 Å². The highest BCUT2D eigenvalue weighted by Crippen LogP contribution is 2.44. The molecule has 1 aliphatic heterocycles. The third kappa shape index (κ3) is 3.36. The number of benzene rings is 3. The topological polar surface area (TPSA) is 54.5 Å². The number of rotatable bonds is 3. The first kappa shape index (κ1) is 19.7. The van der Waals surface area contributed by atoms with Crippen molar-refractivity contribution in [3.8, 4) is 0 Å². The number of fused-ring (bicyclic) bond motifs is 1. The summed E-state index contributed by atoms with van der Waals surface area (Å²) in [5.41, 5.74) is 3.51. The molecule has 1 aliphatic rings. The molecule has 4 rings (SSSR count). The summed E-state index contributed by atoms with van der Waals surface area (Å²) in [7, 11) is -3.92. The molecule has 0 radical (unpaired) electrons. The van der Waals surface area contributed by atoms with E-state index < -0.39 is 21.3 Å². The van der Waals surface area contributed by atoms with Crippen molar-refractivity contribution in [1.82, 2.24) is 0 Å². The van der Waals surface area contributed by atoms with Crippen LogP contribution in [0.15, 0.2) is 77.7 Å². The number of carbonyl (C=O) groups is 1. The summed E-state index contributed by atoms with van der Waals surface area (Å²) in [6, 6.07) is 20.4. The quantitative estimate of drug-likeness (QED) is 0.620. The first-order valence-corrected chi connectivity index (χ1v) is 11.3. The fourth-order valence-corrected chi connectivity index (χ4v) is 5.84. The smallest absolute Gasteiger partial charge is 0.264 e. The number of nitrogens with zero attached hydrogens (tertiary/aromatic N) is 1. The summed E-state index contributed by atoms with van der Waals surface area (Å²) in [6.07, 6.45) is 0. The van der Waals surface area contributed by atoms with Crippen LogP contribution >= 0.6 is 12.6 Å². The second kappa shape index (κ2) is 7.35. The molecule has 0 saturated heterocycles. The van der Waals surface area contributed by atoms with Gasteiger partial charge in [-0.3, -0.25) is 9.10 Å². The molecule has 0 aromatic heterocycles. The lowest BCUT2D eigenvalue weighted by atomic mass is 9.91. The molecule has 3 aromatic rings. The Labute approximate surface area is 176 Å². The lowest BCUT2D eigenvalue weighted by Gasteiger charge is -2.40. The van der Waals surface area contributed by atoms with E-state index in [-0.39, 0.29) is 10.7 Å². The van der Waals surface area contributed by atoms with E-state index in [4.69, 9.17) is 0 Å². The number of ketones is 1. The van der Waals surface area contributed by atoms with Gasteiger partial charge in [0.15, 0.2) is 5.78 Å². The standard InChI is InChI=1S/C23H21NO3S2/c1-15-7-11-17(12-8-15)21-23(28)22(25)19-5-3-4-6-20(19)24(21)29(26,27)18-13-9-16(2)10-14-18/h3-14,21,23,28H,1-2H3. The van der Waals surface area contributed by atoms with Crippen LogP contribution in [0.3, 0.4) is 0 Å². The van der Waals surface area contributed by atoms with Gasteiger partial charge in [0.2, 0.25) is 0 Å². The Balaban J connectivity index is 1.97. The molecule has 29 heavy (non-hydrogen) atoms. The predicted molar refractivity (Wildman–Crippen MR) is 118 cm³/mol. The van der Waals surface area contributed by atoms with E-state index in [2.05, 4.69) is 12.6 Å². The minimum absolute atomic E-state index is 0.176. The second-order valence-corrected chi connectivity index (χ2v) is 9.67. The number of para-hydroxylation sites is 1. The minimum Gasteiger partial charge on any atom is -0.293 e. The van der Waals surface area contributed by atoms with Gasteiger partial charge in [0.25, 0.3) is 10.0 Å². The largest absolute Gasteiger partial charge is 0.293 e. The van der Waals surface area contributed by atoms with Gasteiger partial charge < -0.3 is 0 Å². The molecule has 0 N–H and O–H groups in total. The number of anilines is 1. The van der Waals surface area contributed by atoms with Crippen molar-refractivity contribution in [3.63, 3.8) is 0 Å². The van der Waals surface area contributed by atoms with Gasteiger partial charge in [-0.05, 0) is 43.7 Å². The van der Waals surface area contributed by atoms with E-state index in [1.165, 1.54) is 4.31 Å². The van der Waals surface area contributed by atoms with Crippen LogP contribution in [-0.2, 0) is 10.0 Å². The van der Waals surface area contributed by atoms with Crippen LogP contribution in [0.4, 0.5) is 5.69 Å². The lowest BCUT2D eigenvalue weighted by Crippen LogP contribution is -2.46. The molecule has 0 aliphatic carbocycles. The highest BCUT2D eigenvalue weighted by molar-refractivity contribution is 7.93. The summed E-state index contributed by atoms with van der Waals surface area (Å²) in [4.78, 5) is 13.2. The number of hydrogen-bond donors (Lipinski definition) is 1. The Hall–Kier alpha value is -2.57. The van der Waals surface area contributed by atoms with Gasteiger partial charge in [0.05, 0.1) is 21.9 Å². The van der Waals surface area contributed by atoms with Crippen molar-refractivity contribution in [2.24, 2.45) is 0 Å². The van der Waals surface area contributed by atoms with E-state index in [0.29, 0.717) is 11.3 Å². The SMILES string of the molecule is Cc1ccc(C2C(S)C(=O)c3ccccc3N2S(=O)(=O)c2ccc(C)cc2)cc1. The maximum Gasteiger partial charge on any atom is 0.264 e. The molecule has 2 atom stereocenters. The van der Waals surface area contributed by atoms with Crippen LogP contribution in [-0.4, -0.2) is 19.5 Å². The van der Waals surface area contributed by atoms with Crippen molar-refractivity contribution >= 4 is 34.1 Å². The Bertz CT molecular complexity index is 1170. The van der Waals surface area contributed by atoms with Gasteiger partial charge >= 0.3 is 0 Å². The Kier molecular flexibility index (Phi) is 5.00. The molecule has 148 valence electrons. The van der Waals surface area contributed by atoms with Gasteiger partial charge in [0, 0.05) is 5.56 Å². The van der Waals surface area contributed by atoms with Crippen LogP contribution in [0.5, 0.6) is 0 Å². The Morgan fingerprint density at radius 1 is 0.828 bits per heavy atom. The van der Waals surface area contributed by atoms with E-state index in [0.717, 1.165) is 16.7 Å². The van der Waals surface area contributed by atoms with Gasteiger partial charge in [-0.2, -0.15) is 12.6 Å². The number of thiol groups is 1. The van der Waals surface area contributed by atoms with Gasteiger partial charge in [0.1, 0.15) is 0 Å². The van der Waals surface area contributed by atoms with Crippen LogP contribution in [0, 0.1) is 13.8 Å². The lowest BCUT2D eigenvalue weighted by molar-refractivity contribution is 0.0977. The molecule has 0 bridgehead atoms. The van der Waals surface area contributed by atoms with Crippen molar-refractivity contribution in [2.45, 2.75) is 30.0 Å². The molecule has 0 saturated carbocycles. The number of aryl methyl sites for hydroxylation is 2. The van der Waals surface area contributed by atoms with E-state index in [9.17, 15) is 13.2 Å². The first-order chi connectivity index (χ1) is 13.8. The molecule has 6 heteroatoms. The molecule has 0 fully saturated rings. The van der Waals surface area contributed by atoms with Crippen molar-refractivity contribution in [1.29, 1.82) is 0 Å². The number of carbonyl (C=O) groups excluding carboxylic acids is 1. The second-order valence-electron chi connectivity index (χ2n) is 7.30. The van der Waals surface area contributed by atoms with Crippen LogP contribution in [0.1, 0.15) is 33.1 Å². The van der Waals surface area contributed by atoms with E-state index >= 15 is 0 Å². The summed E-state index contributed by atoms with van der Waals surface area (Å²) in [5.74, 6) is -0.176. The maximum atomic E-state index is 13.7. The Morgan fingerprint density at radius 3 is 2.00 bits per heavy atom. The summed E-state index contributed by atoms with van der Waals surface area (Å²) in [5, 5.41) is -0.812. The third-order valence-electron chi connectivity index (χ3n) is 5.22. The number of Topliss-reactive ketones (excluding diaryl/α,β-unsaturated/α-hetero) is 1. The number of sulfonamides is 1. The van der Waals surface area contributed by atoms with E-state index in [1.807, 2.05) is 38.1 Å². The molecular formula is C23H21NO3S2. The van der Waals surface area contributed by atoms with Crippen molar-refractivity contribution in [3.05, 3.63) is 95.1 Å². The van der Waals surface area contributed by atoms with Crippen molar-refractivity contribution < 1.29 is 13.2 Å². The van der Waals surface area contributed by atoms with Gasteiger partial charge in [-0.15, -0.1) is 0 Å².